The third-order valence-corrected chi connectivity index (χ3v) is 5.21. The van der Waals surface area contributed by atoms with Gasteiger partial charge in [-0.3, -0.25) is 4.79 Å². The quantitative estimate of drug-likeness (QED) is 0.720. The molecule has 2 aliphatic rings. The van der Waals surface area contributed by atoms with E-state index in [0.29, 0.717) is 24.7 Å². The van der Waals surface area contributed by atoms with E-state index in [1.165, 1.54) is 7.11 Å². The topological polar surface area (TPSA) is 83.0 Å². The van der Waals surface area contributed by atoms with Crippen molar-refractivity contribution in [2.45, 2.75) is 44.8 Å². The molecular weight excluding hydrogens is 386 g/mol. The van der Waals surface area contributed by atoms with Crippen LogP contribution < -0.4 is 18.9 Å². The fraction of sp³-hybridized carbons (Fsp3) is 0.500. The zero-order chi connectivity index (χ0) is 21.1. The summed E-state index contributed by atoms with van der Waals surface area (Å²) in [7, 11) is 1.51. The normalized spacial score (nSPS) is 19.6. The molecule has 1 fully saturated rings. The largest absolute Gasteiger partial charge is 0.483 e. The number of amides is 1. The number of piperidine rings is 1. The smallest absolute Gasteiger partial charge is 0.319 e. The molecule has 1 aromatic carbocycles. The van der Waals surface area contributed by atoms with Crippen LogP contribution in [0.5, 0.6) is 23.4 Å². The lowest BCUT2D eigenvalue weighted by Crippen LogP contribution is -2.46. The van der Waals surface area contributed by atoms with Crippen molar-refractivity contribution in [1.82, 2.24) is 14.9 Å². The lowest BCUT2D eigenvalue weighted by Gasteiger charge is -2.32. The second-order valence-electron chi connectivity index (χ2n) is 8.18. The summed E-state index contributed by atoms with van der Waals surface area (Å²) in [6, 6.07) is 7.75. The molecule has 0 aliphatic carbocycles. The minimum Gasteiger partial charge on any atom is -0.483 e. The average Bonchev–Trinajstić information content (AvgIpc) is 3.06. The third-order valence-electron chi connectivity index (χ3n) is 5.21. The van der Waals surface area contributed by atoms with E-state index in [1.54, 1.807) is 17.2 Å². The Morgan fingerprint density at radius 1 is 1.33 bits per heavy atom. The van der Waals surface area contributed by atoms with Gasteiger partial charge in [0.05, 0.1) is 13.7 Å². The number of hydrogen-bond acceptors (Lipinski definition) is 7. The SMILES string of the molecule is COc1nccc(OC2CCCN(C(=O)COc3cccc4c3OC(C)(C)C4)C2)n1. The van der Waals surface area contributed by atoms with Gasteiger partial charge in [-0.15, -0.1) is 0 Å². The van der Waals surface area contributed by atoms with Crippen LogP contribution in [0.15, 0.2) is 30.5 Å². The number of methoxy groups -OCH3 is 1. The standard InChI is InChI=1S/C22H27N3O5/c1-22(2)12-15-6-4-8-17(20(15)30-22)28-14-19(26)25-11-5-7-16(13-25)29-18-9-10-23-21(24-18)27-3/h4,6,8-10,16H,5,7,11-14H2,1-3H3. The van der Waals surface area contributed by atoms with E-state index >= 15 is 0 Å². The highest BCUT2D eigenvalue weighted by Crippen LogP contribution is 2.41. The van der Waals surface area contributed by atoms with Crippen molar-refractivity contribution in [1.29, 1.82) is 0 Å². The molecule has 1 unspecified atom stereocenters. The summed E-state index contributed by atoms with van der Waals surface area (Å²) in [5, 5.41) is 0. The molecule has 1 amide bonds. The highest BCUT2D eigenvalue weighted by atomic mass is 16.5. The van der Waals surface area contributed by atoms with E-state index in [4.69, 9.17) is 18.9 Å². The number of carbonyl (C=O) groups excluding carboxylic acids is 1. The zero-order valence-electron chi connectivity index (χ0n) is 17.6. The highest BCUT2D eigenvalue weighted by Gasteiger charge is 2.33. The molecule has 0 saturated carbocycles. The average molecular weight is 413 g/mol. The first-order valence-corrected chi connectivity index (χ1v) is 10.2. The van der Waals surface area contributed by atoms with Gasteiger partial charge in [0.2, 0.25) is 5.88 Å². The van der Waals surface area contributed by atoms with Crippen LogP contribution in [0.25, 0.3) is 0 Å². The molecule has 0 N–H and O–H groups in total. The zero-order valence-corrected chi connectivity index (χ0v) is 17.6. The Labute approximate surface area is 176 Å². The monoisotopic (exact) mass is 413 g/mol. The maximum atomic E-state index is 12.8. The van der Waals surface area contributed by atoms with Crippen molar-refractivity contribution < 1.29 is 23.7 Å². The Morgan fingerprint density at radius 2 is 2.20 bits per heavy atom. The molecule has 0 radical (unpaired) electrons. The number of benzene rings is 1. The Morgan fingerprint density at radius 3 is 3.03 bits per heavy atom. The van der Waals surface area contributed by atoms with Gasteiger partial charge in [0, 0.05) is 30.8 Å². The van der Waals surface area contributed by atoms with Gasteiger partial charge in [-0.1, -0.05) is 12.1 Å². The van der Waals surface area contributed by atoms with Crippen molar-refractivity contribution in [3.05, 3.63) is 36.0 Å². The molecule has 30 heavy (non-hydrogen) atoms. The minimum absolute atomic E-state index is 0.0334. The van der Waals surface area contributed by atoms with Crippen molar-refractivity contribution >= 4 is 5.91 Å². The number of rotatable bonds is 6. The predicted molar refractivity (Wildman–Crippen MR) is 109 cm³/mol. The van der Waals surface area contributed by atoms with Crippen LogP contribution in [0.4, 0.5) is 0 Å². The highest BCUT2D eigenvalue weighted by molar-refractivity contribution is 5.78. The summed E-state index contributed by atoms with van der Waals surface area (Å²) in [5.74, 6) is 1.73. The third kappa shape index (κ3) is 4.58. The molecule has 3 heterocycles. The first kappa shape index (κ1) is 20.3. The molecule has 1 atom stereocenters. The molecule has 1 aromatic heterocycles. The van der Waals surface area contributed by atoms with Crippen LogP contribution in [-0.4, -0.2) is 59.3 Å². The van der Waals surface area contributed by atoms with Crippen LogP contribution in [0.2, 0.25) is 0 Å². The molecule has 1 saturated heterocycles. The lowest BCUT2D eigenvalue weighted by molar-refractivity contribution is -0.136. The van der Waals surface area contributed by atoms with Crippen molar-refractivity contribution in [2.24, 2.45) is 0 Å². The minimum atomic E-state index is -0.257. The van der Waals surface area contributed by atoms with Gasteiger partial charge in [-0.2, -0.15) is 4.98 Å². The van der Waals surface area contributed by atoms with Crippen LogP contribution >= 0.6 is 0 Å². The molecule has 0 bridgehead atoms. The summed E-state index contributed by atoms with van der Waals surface area (Å²) in [5.41, 5.74) is 0.851. The lowest BCUT2D eigenvalue weighted by atomic mass is 10.0. The predicted octanol–water partition coefficient (Wildman–Crippen LogP) is 2.65. The molecule has 160 valence electrons. The van der Waals surface area contributed by atoms with Gasteiger partial charge < -0.3 is 23.8 Å². The molecule has 4 rings (SSSR count). The van der Waals surface area contributed by atoms with Gasteiger partial charge in [0.1, 0.15) is 11.7 Å². The van der Waals surface area contributed by atoms with E-state index in [-0.39, 0.29) is 30.2 Å². The summed E-state index contributed by atoms with van der Waals surface area (Å²) < 4.78 is 22.8. The van der Waals surface area contributed by atoms with Crippen LogP contribution in [0.1, 0.15) is 32.3 Å². The number of para-hydroxylation sites is 1. The van der Waals surface area contributed by atoms with Crippen molar-refractivity contribution in [3.63, 3.8) is 0 Å². The van der Waals surface area contributed by atoms with E-state index in [9.17, 15) is 4.79 Å². The van der Waals surface area contributed by atoms with Crippen molar-refractivity contribution in [3.8, 4) is 23.4 Å². The second kappa shape index (κ2) is 8.38. The molecule has 2 aliphatic heterocycles. The molecule has 8 nitrogen and oxygen atoms in total. The van der Waals surface area contributed by atoms with E-state index in [1.807, 2.05) is 32.0 Å². The molecule has 0 spiro atoms. The Bertz CT molecular complexity index is 917. The number of hydrogen-bond donors (Lipinski definition) is 0. The van der Waals surface area contributed by atoms with Gasteiger partial charge in [-0.25, -0.2) is 4.98 Å². The van der Waals surface area contributed by atoms with Crippen LogP contribution in [-0.2, 0) is 11.2 Å². The van der Waals surface area contributed by atoms with E-state index in [2.05, 4.69) is 9.97 Å². The summed E-state index contributed by atoms with van der Waals surface area (Å²) >= 11 is 0. The summed E-state index contributed by atoms with van der Waals surface area (Å²) in [6.07, 6.45) is 3.99. The van der Waals surface area contributed by atoms with Crippen molar-refractivity contribution in [2.75, 3.05) is 26.8 Å². The number of aromatic nitrogens is 2. The first-order valence-electron chi connectivity index (χ1n) is 10.2. The van der Waals surface area contributed by atoms with E-state index < -0.39 is 0 Å². The number of carbonyl (C=O) groups is 1. The Hall–Kier alpha value is -3.03. The van der Waals surface area contributed by atoms with Crippen LogP contribution in [0.3, 0.4) is 0 Å². The van der Waals surface area contributed by atoms with Gasteiger partial charge in [0.25, 0.3) is 5.91 Å². The van der Waals surface area contributed by atoms with Gasteiger partial charge in [-0.05, 0) is 32.8 Å². The number of ether oxygens (including phenoxy) is 4. The molecule has 8 heteroatoms. The number of nitrogens with zero attached hydrogens (tertiary/aromatic N) is 3. The van der Waals surface area contributed by atoms with E-state index in [0.717, 1.165) is 30.6 Å². The number of fused-ring (bicyclic) bond motifs is 1. The molecular formula is C22H27N3O5. The fourth-order valence-electron chi connectivity index (χ4n) is 3.85. The first-order chi connectivity index (χ1) is 14.4. The van der Waals surface area contributed by atoms with Gasteiger partial charge >= 0.3 is 6.01 Å². The second-order valence-corrected chi connectivity index (χ2v) is 8.18. The number of likely N-dealkylation sites (tertiary alicyclic amines) is 1. The maximum absolute atomic E-state index is 12.8. The summed E-state index contributed by atoms with van der Waals surface area (Å²) in [4.78, 5) is 22.7. The van der Waals surface area contributed by atoms with Crippen LogP contribution in [0, 0.1) is 0 Å². The Balaban J connectivity index is 1.34. The Kier molecular flexibility index (Phi) is 5.65. The van der Waals surface area contributed by atoms with Gasteiger partial charge in [0.15, 0.2) is 18.1 Å². The molecule has 2 aromatic rings. The maximum Gasteiger partial charge on any atom is 0.319 e. The summed E-state index contributed by atoms with van der Waals surface area (Å²) in [6.45, 7) is 5.23. The fourth-order valence-corrected chi connectivity index (χ4v) is 3.85.